The van der Waals surface area contributed by atoms with Gasteiger partial charge >= 0.3 is 0 Å². The highest BCUT2D eigenvalue weighted by Gasteiger charge is 2.33. The number of benzene rings is 3. The molecule has 138 valence electrons. The molecule has 4 rings (SSSR count). The fraction of sp³-hybridized carbons (Fsp3) is 0.280. The van der Waals surface area contributed by atoms with Crippen LogP contribution < -0.4 is 9.80 Å². The molecule has 2 heteroatoms. The monoisotopic (exact) mass is 356 g/mol. The van der Waals surface area contributed by atoms with E-state index in [1.807, 2.05) is 0 Å². The lowest BCUT2D eigenvalue weighted by Crippen LogP contribution is -2.30. The number of hydrogen-bond acceptors (Lipinski definition) is 2. The maximum absolute atomic E-state index is 2.53. The van der Waals surface area contributed by atoms with E-state index >= 15 is 0 Å². The van der Waals surface area contributed by atoms with E-state index in [2.05, 4.69) is 103 Å². The van der Waals surface area contributed by atoms with E-state index in [0.29, 0.717) is 0 Å². The Bertz CT molecular complexity index is 826. The zero-order valence-electron chi connectivity index (χ0n) is 16.5. The van der Waals surface area contributed by atoms with Crippen molar-refractivity contribution in [2.45, 2.75) is 33.4 Å². The maximum atomic E-state index is 2.53. The third-order valence-corrected chi connectivity index (χ3v) is 5.59. The van der Waals surface area contributed by atoms with Gasteiger partial charge in [-0.3, -0.25) is 0 Å². The summed E-state index contributed by atoms with van der Waals surface area (Å²) in [5.74, 6) is 0. The number of anilines is 2. The molecule has 0 saturated carbocycles. The van der Waals surface area contributed by atoms with Crippen molar-refractivity contribution in [1.82, 2.24) is 0 Å². The van der Waals surface area contributed by atoms with Crippen LogP contribution in [0.3, 0.4) is 0 Å². The Morgan fingerprint density at radius 3 is 1.52 bits per heavy atom. The van der Waals surface area contributed by atoms with E-state index in [1.54, 1.807) is 0 Å². The second-order valence-electron chi connectivity index (χ2n) is 7.53. The lowest BCUT2D eigenvalue weighted by atomic mass is 10.1. The van der Waals surface area contributed by atoms with Crippen molar-refractivity contribution in [2.24, 2.45) is 0 Å². The molecule has 0 bridgehead atoms. The summed E-state index contributed by atoms with van der Waals surface area (Å²) in [6, 6.07) is 27.0. The summed E-state index contributed by atoms with van der Waals surface area (Å²) in [4.78, 5) is 5.06. The lowest BCUT2D eigenvalue weighted by molar-refractivity contribution is 0.717. The van der Waals surface area contributed by atoms with E-state index in [-0.39, 0.29) is 6.17 Å². The van der Waals surface area contributed by atoms with Crippen molar-refractivity contribution in [3.05, 3.63) is 95.1 Å². The summed E-state index contributed by atoms with van der Waals surface area (Å²) in [5, 5.41) is 0. The molecule has 27 heavy (non-hydrogen) atoms. The highest BCUT2D eigenvalue weighted by molar-refractivity contribution is 5.59. The fourth-order valence-electron chi connectivity index (χ4n) is 3.93. The van der Waals surface area contributed by atoms with Gasteiger partial charge in [0.2, 0.25) is 0 Å². The Balaban J connectivity index is 1.74. The molecule has 3 aromatic rings. The molecular weight excluding hydrogens is 328 g/mol. The van der Waals surface area contributed by atoms with Gasteiger partial charge in [0.1, 0.15) is 6.17 Å². The first kappa shape index (κ1) is 17.7. The minimum Gasteiger partial charge on any atom is -0.346 e. The molecule has 0 aromatic heterocycles. The first-order chi connectivity index (χ1) is 13.2. The van der Waals surface area contributed by atoms with Gasteiger partial charge in [-0.1, -0.05) is 66.6 Å². The normalized spacial score (nSPS) is 14.8. The van der Waals surface area contributed by atoms with E-state index in [9.17, 15) is 0 Å². The fourth-order valence-corrected chi connectivity index (χ4v) is 3.93. The topological polar surface area (TPSA) is 6.48 Å². The van der Waals surface area contributed by atoms with E-state index in [4.69, 9.17) is 0 Å². The Kier molecular flexibility index (Phi) is 4.89. The van der Waals surface area contributed by atoms with E-state index < -0.39 is 0 Å². The van der Waals surface area contributed by atoms with Crippen molar-refractivity contribution < 1.29 is 0 Å². The van der Waals surface area contributed by atoms with Crippen LogP contribution in [0.5, 0.6) is 0 Å². The van der Waals surface area contributed by atoms with Gasteiger partial charge in [0, 0.05) is 24.5 Å². The summed E-state index contributed by atoms with van der Waals surface area (Å²) >= 11 is 0. The summed E-state index contributed by atoms with van der Waals surface area (Å²) in [6.07, 6.45) is 1.30. The minimum absolute atomic E-state index is 0.223. The third kappa shape index (κ3) is 3.57. The van der Waals surface area contributed by atoms with Crippen LogP contribution in [0, 0.1) is 13.8 Å². The van der Waals surface area contributed by atoms with Crippen LogP contribution in [0.4, 0.5) is 11.4 Å². The second kappa shape index (κ2) is 7.48. The predicted octanol–water partition coefficient (Wildman–Crippen LogP) is 5.89. The molecule has 0 radical (unpaired) electrons. The zero-order chi connectivity index (χ0) is 18.8. The van der Waals surface area contributed by atoms with Crippen molar-refractivity contribution in [3.8, 4) is 0 Å². The summed E-state index contributed by atoms with van der Waals surface area (Å²) < 4.78 is 0. The maximum Gasteiger partial charge on any atom is 0.128 e. The molecule has 3 aromatic carbocycles. The molecule has 1 saturated heterocycles. The molecule has 2 nitrogen and oxygen atoms in total. The second-order valence-corrected chi connectivity index (χ2v) is 7.53. The molecule has 1 aliphatic heterocycles. The van der Waals surface area contributed by atoms with Gasteiger partial charge in [0.25, 0.3) is 0 Å². The third-order valence-electron chi connectivity index (χ3n) is 5.59. The highest BCUT2D eigenvalue weighted by atomic mass is 15.4. The summed E-state index contributed by atoms with van der Waals surface area (Å²) in [7, 11) is 0. The van der Waals surface area contributed by atoms with Gasteiger partial charge in [0.05, 0.1) is 0 Å². The molecule has 0 atom stereocenters. The Labute approximate surface area is 163 Å². The van der Waals surface area contributed by atoms with Gasteiger partial charge in [-0.15, -0.1) is 0 Å². The molecule has 0 spiro atoms. The first-order valence-electron chi connectivity index (χ1n) is 9.91. The molecule has 1 fully saturated rings. The smallest absolute Gasteiger partial charge is 0.128 e. The highest BCUT2D eigenvalue weighted by Crippen LogP contribution is 2.38. The lowest BCUT2D eigenvalue weighted by Gasteiger charge is -2.33. The van der Waals surface area contributed by atoms with Crippen molar-refractivity contribution in [2.75, 3.05) is 22.9 Å². The molecule has 0 N–H and O–H groups in total. The minimum atomic E-state index is 0.223. The van der Waals surface area contributed by atoms with Crippen molar-refractivity contribution in [3.63, 3.8) is 0 Å². The molecule has 1 aliphatic rings. The average Bonchev–Trinajstić information content (AvgIpc) is 3.14. The average molecular weight is 357 g/mol. The SMILES string of the molecule is CCc1ccc(C2N(c3ccc(C)cc3)CCN2c2ccc(C)cc2)cc1. The van der Waals surface area contributed by atoms with Crippen LogP contribution in [-0.4, -0.2) is 13.1 Å². The van der Waals surface area contributed by atoms with Crippen molar-refractivity contribution >= 4 is 11.4 Å². The summed E-state index contributed by atoms with van der Waals surface area (Å²) in [6.45, 7) is 8.55. The largest absolute Gasteiger partial charge is 0.346 e. The number of aryl methyl sites for hydroxylation is 3. The van der Waals surface area contributed by atoms with Crippen LogP contribution in [0.25, 0.3) is 0 Å². The van der Waals surface area contributed by atoms with Gasteiger partial charge in [-0.2, -0.15) is 0 Å². The molecular formula is C25H28N2. The molecule has 1 heterocycles. The van der Waals surface area contributed by atoms with Crippen LogP contribution in [0.15, 0.2) is 72.8 Å². The number of nitrogens with zero attached hydrogens (tertiary/aromatic N) is 2. The van der Waals surface area contributed by atoms with Gasteiger partial charge in [-0.05, 0) is 55.7 Å². The number of hydrogen-bond donors (Lipinski definition) is 0. The Hall–Kier alpha value is -2.74. The molecule has 0 aliphatic carbocycles. The molecule has 0 amide bonds. The van der Waals surface area contributed by atoms with Gasteiger partial charge < -0.3 is 9.80 Å². The van der Waals surface area contributed by atoms with Crippen LogP contribution in [0.1, 0.15) is 35.3 Å². The predicted molar refractivity (Wildman–Crippen MR) is 116 cm³/mol. The van der Waals surface area contributed by atoms with E-state index in [1.165, 1.54) is 33.6 Å². The van der Waals surface area contributed by atoms with Crippen LogP contribution in [-0.2, 0) is 6.42 Å². The quantitative estimate of drug-likeness (QED) is 0.575. The van der Waals surface area contributed by atoms with Crippen LogP contribution >= 0.6 is 0 Å². The Morgan fingerprint density at radius 2 is 1.11 bits per heavy atom. The van der Waals surface area contributed by atoms with Gasteiger partial charge in [0.15, 0.2) is 0 Å². The van der Waals surface area contributed by atoms with Crippen LogP contribution in [0.2, 0.25) is 0 Å². The zero-order valence-corrected chi connectivity index (χ0v) is 16.5. The van der Waals surface area contributed by atoms with Gasteiger partial charge in [-0.25, -0.2) is 0 Å². The Morgan fingerprint density at radius 1 is 0.667 bits per heavy atom. The standard InChI is InChI=1S/C25H28N2/c1-4-21-9-11-22(12-10-21)25-26(23-13-5-19(2)6-14-23)17-18-27(25)24-15-7-20(3)8-16-24/h5-16,25H,4,17-18H2,1-3H3. The van der Waals surface area contributed by atoms with E-state index in [0.717, 1.165) is 19.5 Å². The van der Waals surface area contributed by atoms with Crippen molar-refractivity contribution in [1.29, 1.82) is 0 Å². The number of rotatable bonds is 4. The first-order valence-corrected chi connectivity index (χ1v) is 9.91. The summed E-state index contributed by atoms with van der Waals surface area (Å²) in [5.41, 5.74) is 7.93. The molecule has 0 unspecified atom stereocenters.